The Hall–Kier alpha value is -3.69. The Balaban J connectivity index is 1.42. The van der Waals surface area contributed by atoms with Gasteiger partial charge in [0.25, 0.3) is 5.91 Å². The first-order valence-corrected chi connectivity index (χ1v) is 11.3. The molecule has 0 radical (unpaired) electrons. The number of urea groups is 1. The van der Waals surface area contributed by atoms with Gasteiger partial charge in [0, 0.05) is 35.7 Å². The summed E-state index contributed by atoms with van der Waals surface area (Å²) in [4.78, 5) is 62.0. The van der Waals surface area contributed by atoms with Crippen LogP contribution >= 0.6 is 0 Å². The van der Waals surface area contributed by atoms with Crippen LogP contribution in [0, 0.1) is 5.92 Å². The number of fused-ring (bicyclic) bond motifs is 1. The molecule has 1 aromatic heterocycles. The van der Waals surface area contributed by atoms with Crippen LogP contribution in [0.2, 0.25) is 0 Å². The number of rotatable bonds is 6. The molecule has 10 heteroatoms. The number of hydrogen-bond donors (Lipinski definition) is 2. The van der Waals surface area contributed by atoms with E-state index in [1.807, 2.05) is 0 Å². The van der Waals surface area contributed by atoms with Crippen molar-refractivity contribution in [3.05, 3.63) is 40.2 Å². The van der Waals surface area contributed by atoms with E-state index in [2.05, 4.69) is 17.6 Å². The highest BCUT2D eigenvalue weighted by atomic mass is 16.5. The van der Waals surface area contributed by atoms with Crippen molar-refractivity contribution >= 4 is 40.5 Å². The van der Waals surface area contributed by atoms with Gasteiger partial charge in [-0.05, 0) is 43.7 Å². The van der Waals surface area contributed by atoms with Crippen molar-refractivity contribution in [1.29, 1.82) is 0 Å². The normalized spacial score (nSPS) is 22.2. The number of benzene rings is 1. The summed E-state index contributed by atoms with van der Waals surface area (Å²) in [7, 11) is 0. The van der Waals surface area contributed by atoms with E-state index in [1.54, 1.807) is 12.1 Å². The lowest BCUT2D eigenvalue weighted by Gasteiger charge is -2.34. The molecule has 34 heavy (non-hydrogen) atoms. The van der Waals surface area contributed by atoms with Gasteiger partial charge in [-0.25, -0.2) is 9.59 Å². The maximum absolute atomic E-state index is 13.0. The second-order valence-electron chi connectivity index (χ2n) is 8.90. The van der Waals surface area contributed by atoms with Crippen LogP contribution in [0.15, 0.2) is 33.5 Å². The quantitative estimate of drug-likeness (QED) is 0.377. The number of anilines is 1. The Morgan fingerprint density at radius 3 is 2.62 bits per heavy atom. The number of carbonyl (C=O) groups excluding carboxylic acids is 4. The molecular formula is C24H27N3O7. The Morgan fingerprint density at radius 1 is 1.21 bits per heavy atom. The molecule has 2 N–H and O–H groups in total. The van der Waals surface area contributed by atoms with Crippen molar-refractivity contribution in [3.8, 4) is 0 Å². The van der Waals surface area contributed by atoms with Crippen LogP contribution in [0.1, 0.15) is 51.5 Å². The standard InChI is InChI=1S/C24H27N3O7/c1-3-15-6-8-24(9-7-15)22(31)27(23(32)26-24)12-21(30)33-13-16-10-20(29)34-19-11-17(25-14(2)28)4-5-18(16)19/h4-5,10-11,15H,3,6-9,12-13H2,1-2H3,(H,25,28)(H,26,32). The van der Waals surface area contributed by atoms with Gasteiger partial charge < -0.3 is 19.8 Å². The molecule has 10 nitrogen and oxygen atoms in total. The maximum atomic E-state index is 13.0. The third kappa shape index (κ3) is 4.66. The molecule has 0 atom stereocenters. The molecule has 0 unspecified atom stereocenters. The Morgan fingerprint density at radius 2 is 1.94 bits per heavy atom. The fourth-order valence-electron chi connectivity index (χ4n) is 4.70. The lowest BCUT2D eigenvalue weighted by atomic mass is 9.75. The first-order valence-electron chi connectivity index (χ1n) is 11.3. The number of esters is 1. The van der Waals surface area contributed by atoms with Gasteiger partial charge in [0.05, 0.1) is 0 Å². The Labute approximate surface area is 195 Å². The van der Waals surface area contributed by atoms with E-state index in [0.717, 1.165) is 24.2 Å². The van der Waals surface area contributed by atoms with E-state index in [1.165, 1.54) is 19.1 Å². The first-order chi connectivity index (χ1) is 16.2. The number of amides is 4. The number of imide groups is 1. The molecule has 1 spiro atoms. The highest BCUT2D eigenvalue weighted by molar-refractivity contribution is 6.08. The zero-order valence-electron chi connectivity index (χ0n) is 19.1. The highest BCUT2D eigenvalue weighted by Crippen LogP contribution is 2.37. The maximum Gasteiger partial charge on any atom is 0.336 e. The molecule has 180 valence electrons. The van der Waals surface area contributed by atoms with E-state index in [-0.39, 0.29) is 24.0 Å². The SMILES string of the molecule is CCC1CCC2(CC1)NC(=O)N(CC(=O)OCc1cc(=O)oc3cc(NC(C)=O)ccc13)C2=O. The summed E-state index contributed by atoms with van der Waals surface area (Å²) in [5.74, 6) is -0.881. The molecule has 1 saturated heterocycles. The lowest BCUT2D eigenvalue weighted by molar-refractivity contribution is -0.149. The summed E-state index contributed by atoms with van der Waals surface area (Å²) in [6, 6.07) is 5.40. The summed E-state index contributed by atoms with van der Waals surface area (Å²) in [5, 5.41) is 5.92. The molecule has 2 aromatic rings. The second-order valence-corrected chi connectivity index (χ2v) is 8.90. The molecule has 2 heterocycles. The van der Waals surface area contributed by atoms with E-state index in [0.29, 0.717) is 35.4 Å². The third-order valence-electron chi connectivity index (χ3n) is 6.61. The van der Waals surface area contributed by atoms with Gasteiger partial charge >= 0.3 is 17.6 Å². The van der Waals surface area contributed by atoms with Crippen LogP contribution in [-0.2, 0) is 25.7 Å². The Bertz CT molecular complexity index is 1210. The fourth-order valence-corrected chi connectivity index (χ4v) is 4.70. The van der Waals surface area contributed by atoms with Crippen LogP contribution in [0.5, 0.6) is 0 Å². The average molecular weight is 469 g/mol. The van der Waals surface area contributed by atoms with Crippen molar-refractivity contribution < 1.29 is 28.3 Å². The van der Waals surface area contributed by atoms with Crippen LogP contribution in [0.3, 0.4) is 0 Å². The van der Waals surface area contributed by atoms with Crippen molar-refractivity contribution in [1.82, 2.24) is 10.2 Å². The zero-order valence-corrected chi connectivity index (χ0v) is 19.1. The summed E-state index contributed by atoms with van der Waals surface area (Å²) in [6.07, 6.45) is 3.87. The van der Waals surface area contributed by atoms with Crippen molar-refractivity contribution in [2.45, 2.75) is 58.1 Å². The minimum Gasteiger partial charge on any atom is -0.459 e. The topological polar surface area (TPSA) is 135 Å². The minimum absolute atomic E-state index is 0.225. The predicted molar refractivity (Wildman–Crippen MR) is 122 cm³/mol. The summed E-state index contributed by atoms with van der Waals surface area (Å²) in [5.41, 5.74) is -0.484. The summed E-state index contributed by atoms with van der Waals surface area (Å²) in [6.45, 7) is 2.73. The van der Waals surface area contributed by atoms with Gasteiger partial charge in [-0.1, -0.05) is 13.3 Å². The summed E-state index contributed by atoms with van der Waals surface area (Å²) >= 11 is 0. The van der Waals surface area contributed by atoms with Gasteiger partial charge in [-0.15, -0.1) is 0 Å². The first kappa shape index (κ1) is 23.5. The monoisotopic (exact) mass is 469 g/mol. The predicted octanol–water partition coefficient (Wildman–Crippen LogP) is 2.69. The van der Waals surface area contributed by atoms with E-state index >= 15 is 0 Å². The van der Waals surface area contributed by atoms with Gasteiger partial charge in [0.15, 0.2) is 0 Å². The molecule has 4 amide bonds. The molecule has 2 fully saturated rings. The molecule has 0 bridgehead atoms. The molecule has 2 aliphatic rings. The number of ether oxygens (including phenoxy) is 1. The van der Waals surface area contributed by atoms with Gasteiger partial charge in [0.2, 0.25) is 5.91 Å². The Kier molecular flexibility index (Phi) is 6.41. The molecule has 1 saturated carbocycles. The molecule has 1 aromatic carbocycles. The van der Waals surface area contributed by atoms with Crippen LogP contribution in [-0.4, -0.2) is 40.8 Å². The van der Waals surface area contributed by atoms with E-state index in [4.69, 9.17) is 9.15 Å². The van der Waals surface area contributed by atoms with E-state index < -0.39 is 29.7 Å². The largest absolute Gasteiger partial charge is 0.459 e. The number of hydrogen-bond acceptors (Lipinski definition) is 7. The molecule has 1 aliphatic heterocycles. The van der Waals surface area contributed by atoms with Crippen LogP contribution in [0.4, 0.5) is 10.5 Å². The average Bonchev–Trinajstić information content (AvgIpc) is 3.01. The smallest absolute Gasteiger partial charge is 0.336 e. The van der Waals surface area contributed by atoms with Crippen molar-refractivity contribution in [3.63, 3.8) is 0 Å². The van der Waals surface area contributed by atoms with Gasteiger partial charge in [0.1, 0.15) is 24.3 Å². The number of carbonyl (C=O) groups is 4. The fraction of sp³-hybridized carbons (Fsp3) is 0.458. The van der Waals surface area contributed by atoms with Gasteiger partial charge in [-0.3, -0.25) is 19.3 Å². The van der Waals surface area contributed by atoms with E-state index in [9.17, 15) is 24.0 Å². The highest BCUT2D eigenvalue weighted by Gasteiger charge is 2.52. The lowest BCUT2D eigenvalue weighted by Crippen LogP contribution is -2.49. The number of nitrogens with zero attached hydrogens (tertiary/aromatic N) is 1. The molecule has 1 aliphatic carbocycles. The minimum atomic E-state index is -0.927. The number of nitrogens with one attached hydrogen (secondary N) is 2. The van der Waals surface area contributed by atoms with Crippen molar-refractivity contribution in [2.75, 3.05) is 11.9 Å². The van der Waals surface area contributed by atoms with Gasteiger partial charge in [-0.2, -0.15) is 0 Å². The second kappa shape index (κ2) is 9.28. The zero-order chi connectivity index (χ0) is 24.5. The summed E-state index contributed by atoms with van der Waals surface area (Å²) < 4.78 is 10.5. The molecule has 4 rings (SSSR count). The third-order valence-corrected chi connectivity index (χ3v) is 6.61. The van der Waals surface area contributed by atoms with Crippen LogP contribution in [0.25, 0.3) is 11.0 Å². The molecular weight excluding hydrogens is 442 g/mol. The van der Waals surface area contributed by atoms with Crippen molar-refractivity contribution in [2.24, 2.45) is 5.92 Å². The van der Waals surface area contributed by atoms with Crippen LogP contribution < -0.4 is 16.3 Å².